The summed E-state index contributed by atoms with van der Waals surface area (Å²) in [6.07, 6.45) is 6.86. The van der Waals surface area contributed by atoms with E-state index < -0.39 is 12.5 Å². The zero-order chi connectivity index (χ0) is 9.31. The third-order valence-electron chi connectivity index (χ3n) is 3.55. The molecule has 0 aromatic carbocycles. The Kier molecular flexibility index (Phi) is 2.58. The van der Waals surface area contributed by atoms with Crippen LogP contribution in [0.2, 0.25) is 0 Å². The van der Waals surface area contributed by atoms with Crippen LogP contribution in [0.4, 0.5) is 0 Å². The highest BCUT2D eigenvalue weighted by atomic mass is 16.3. The minimum absolute atomic E-state index is 0.238. The Hall–Kier alpha value is -0.120. The minimum Gasteiger partial charge on any atom is -0.379 e. The van der Waals surface area contributed by atoms with Crippen molar-refractivity contribution in [1.82, 2.24) is 5.32 Å². The Morgan fingerprint density at radius 3 is 2.00 bits per heavy atom. The van der Waals surface area contributed by atoms with E-state index >= 15 is 0 Å². The molecule has 1 saturated carbocycles. The second-order valence-electron chi connectivity index (χ2n) is 4.67. The zero-order valence-electron chi connectivity index (χ0n) is 8.00. The first-order valence-electron chi connectivity index (χ1n) is 5.32. The van der Waals surface area contributed by atoms with Gasteiger partial charge in [0.1, 0.15) is 12.5 Å². The van der Waals surface area contributed by atoms with E-state index in [1.807, 2.05) is 0 Å². The van der Waals surface area contributed by atoms with E-state index in [-0.39, 0.29) is 5.41 Å². The molecule has 3 N–H and O–H groups in total. The molecule has 0 amide bonds. The fourth-order valence-electron chi connectivity index (χ4n) is 2.95. The van der Waals surface area contributed by atoms with Crippen molar-refractivity contribution < 1.29 is 10.2 Å². The number of aliphatic hydroxyl groups is 2. The third kappa shape index (κ3) is 2.03. The molecule has 1 saturated heterocycles. The predicted molar refractivity (Wildman–Crippen MR) is 49.9 cm³/mol. The van der Waals surface area contributed by atoms with E-state index in [2.05, 4.69) is 5.32 Å². The molecule has 1 spiro atoms. The summed E-state index contributed by atoms with van der Waals surface area (Å²) in [6, 6.07) is 0. The molecule has 1 aliphatic heterocycles. The van der Waals surface area contributed by atoms with Gasteiger partial charge >= 0.3 is 0 Å². The van der Waals surface area contributed by atoms with Gasteiger partial charge in [-0.25, -0.2) is 0 Å². The Morgan fingerprint density at radius 2 is 1.46 bits per heavy atom. The molecule has 1 heterocycles. The highest BCUT2D eigenvalue weighted by Crippen LogP contribution is 2.45. The van der Waals surface area contributed by atoms with Crippen LogP contribution >= 0.6 is 0 Å². The summed E-state index contributed by atoms with van der Waals surface area (Å²) in [5.41, 5.74) is 0.238. The Balaban J connectivity index is 2.02. The summed E-state index contributed by atoms with van der Waals surface area (Å²) in [4.78, 5) is 0. The molecule has 0 aromatic heterocycles. The maximum Gasteiger partial charge on any atom is 0.107 e. The Morgan fingerprint density at radius 1 is 0.923 bits per heavy atom. The summed E-state index contributed by atoms with van der Waals surface area (Å²) in [6.45, 7) is 0. The van der Waals surface area contributed by atoms with Gasteiger partial charge in [0, 0.05) is 0 Å². The first kappa shape index (κ1) is 9.44. The average molecular weight is 185 g/mol. The topological polar surface area (TPSA) is 52.5 Å². The lowest BCUT2D eigenvalue weighted by molar-refractivity contribution is -0.0706. The number of piperidine rings is 1. The summed E-state index contributed by atoms with van der Waals surface area (Å²) in [5, 5.41) is 21.8. The van der Waals surface area contributed by atoms with Crippen LogP contribution in [0, 0.1) is 5.41 Å². The first-order chi connectivity index (χ1) is 6.20. The molecular formula is C10H19NO2. The largest absolute Gasteiger partial charge is 0.379 e. The standard InChI is InChI=1S/C10H19NO2/c12-8-6-10(7-9(13)11-8)4-2-1-3-5-10/h8-9,11-13H,1-7H2. The van der Waals surface area contributed by atoms with Gasteiger partial charge < -0.3 is 10.2 Å². The number of aliphatic hydroxyl groups excluding tert-OH is 2. The van der Waals surface area contributed by atoms with E-state index in [1.54, 1.807) is 0 Å². The van der Waals surface area contributed by atoms with Crippen LogP contribution in [0.5, 0.6) is 0 Å². The summed E-state index contributed by atoms with van der Waals surface area (Å²) in [5.74, 6) is 0. The van der Waals surface area contributed by atoms with Gasteiger partial charge in [-0.15, -0.1) is 0 Å². The molecule has 0 aromatic rings. The summed E-state index contributed by atoms with van der Waals surface area (Å²) >= 11 is 0. The van der Waals surface area contributed by atoms with Gasteiger partial charge in [-0.1, -0.05) is 19.3 Å². The molecule has 2 rings (SSSR count). The van der Waals surface area contributed by atoms with Gasteiger partial charge in [-0.2, -0.15) is 0 Å². The quantitative estimate of drug-likeness (QED) is 0.527. The van der Waals surface area contributed by atoms with Gasteiger partial charge in [-0.3, -0.25) is 5.32 Å². The number of nitrogens with one attached hydrogen (secondary N) is 1. The predicted octanol–water partition coefficient (Wildman–Crippen LogP) is 0.957. The highest BCUT2D eigenvalue weighted by Gasteiger charge is 2.39. The monoisotopic (exact) mass is 185 g/mol. The zero-order valence-corrected chi connectivity index (χ0v) is 8.00. The fraction of sp³-hybridized carbons (Fsp3) is 1.00. The second-order valence-corrected chi connectivity index (χ2v) is 4.67. The molecule has 1 aliphatic carbocycles. The van der Waals surface area contributed by atoms with E-state index in [9.17, 15) is 10.2 Å². The number of rotatable bonds is 0. The van der Waals surface area contributed by atoms with Gasteiger partial charge in [-0.05, 0) is 31.1 Å². The van der Waals surface area contributed by atoms with E-state index in [4.69, 9.17) is 0 Å². The van der Waals surface area contributed by atoms with Gasteiger partial charge in [0.25, 0.3) is 0 Å². The van der Waals surface area contributed by atoms with E-state index in [1.165, 1.54) is 32.1 Å². The maximum absolute atomic E-state index is 9.53. The van der Waals surface area contributed by atoms with Crippen molar-refractivity contribution >= 4 is 0 Å². The van der Waals surface area contributed by atoms with Crippen molar-refractivity contribution in [3.8, 4) is 0 Å². The van der Waals surface area contributed by atoms with Crippen molar-refractivity contribution in [2.24, 2.45) is 5.41 Å². The lowest BCUT2D eigenvalue weighted by atomic mass is 9.67. The van der Waals surface area contributed by atoms with Crippen LogP contribution in [0.25, 0.3) is 0 Å². The van der Waals surface area contributed by atoms with E-state index in [0.717, 1.165) is 12.8 Å². The second kappa shape index (κ2) is 3.56. The molecule has 0 radical (unpaired) electrons. The van der Waals surface area contributed by atoms with Gasteiger partial charge in [0.2, 0.25) is 0 Å². The van der Waals surface area contributed by atoms with Crippen LogP contribution in [0.3, 0.4) is 0 Å². The van der Waals surface area contributed by atoms with Gasteiger partial charge in [0.15, 0.2) is 0 Å². The maximum atomic E-state index is 9.53. The van der Waals surface area contributed by atoms with Crippen LogP contribution in [-0.2, 0) is 0 Å². The number of hydrogen-bond donors (Lipinski definition) is 3. The van der Waals surface area contributed by atoms with Crippen molar-refractivity contribution in [3.63, 3.8) is 0 Å². The van der Waals surface area contributed by atoms with Crippen molar-refractivity contribution in [2.75, 3.05) is 0 Å². The van der Waals surface area contributed by atoms with Crippen molar-refractivity contribution in [1.29, 1.82) is 0 Å². The van der Waals surface area contributed by atoms with Crippen LogP contribution < -0.4 is 5.32 Å². The molecule has 13 heavy (non-hydrogen) atoms. The summed E-state index contributed by atoms with van der Waals surface area (Å²) in [7, 11) is 0. The summed E-state index contributed by atoms with van der Waals surface area (Å²) < 4.78 is 0. The third-order valence-corrected chi connectivity index (χ3v) is 3.55. The lowest BCUT2D eigenvalue weighted by Gasteiger charge is -2.44. The van der Waals surface area contributed by atoms with Gasteiger partial charge in [0.05, 0.1) is 0 Å². The molecule has 2 unspecified atom stereocenters. The SMILES string of the molecule is OC1CC2(CCCCC2)CC(O)N1. The van der Waals surface area contributed by atoms with Crippen molar-refractivity contribution in [2.45, 2.75) is 57.4 Å². The smallest absolute Gasteiger partial charge is 0.107 e. The Labute approximate surface area is 79.2 Å². The molecule has 2 fully saturated rings. The van der Waals surface area contributed by atoms with Crippen molar-refractivity contribution in [3.05, 3.63) is 0 Å². The number of hydrogen-bond acceptors (Lipinski definition) is 3. The molecule has 76 valence electrons. The molecular weight excluding hydrogens is 166 g/mol. The minimum atomic E-state index is -0.498. The first-order valence-corrected chi connectivity index (χ1v) is 5.32. The van der Waals surface area contributed by atoms with Crippen LogP contribution in [-0.4, -0.2) is 22.7 Å². The lowest BCUT2D eigenvalue weighted by Crippen LogP contribution is -2.50. The normalized spacial score (nSPS) is 39.2. The highest BCUT2D eigenvalue weighted by molar-refractivity contribution is 4.90. The molecule has 3 heteroatoms. The van der Waals surface area contributed by atoms with Crippen LogP contribution in [0.15, 0.2) is 0 Å². The fourth-order valence-corrected chi connectivity index (χ4v) is 2.95. The van der Waals surface area contributed by atoms with Crippen LogP contribution in [0.1, 0.15) is 44.9 Å². The molecule has 2 aliphatic rings. The average Bonchev–Trinajstić information content (AvgIpc) is 2.02. The Bertz CT molecular complexity index is 166. The van der Waals surface area contributed by atoms with E-state index in [0.29, 0.717) is 0 Å². The molecule has 2 atom stereocenters. The molecule has 3 nitrogen and oxygen atoms in total. The molecule has 0 bridgehead atoms.